The number of rotatable bonds is 7. The summed E-state index contributed by atoms with van der Waals surface area (Å²) in [7, 11) is 0. The maximum Gasteiger partial charge on any atom is 0.573 e. The largest absolute Gasteiger partial charge is 0.573 e. The number of halogens is 3. The van der Waals surface area contributed by atoms with Gasteiger partial charge in [-0.3, -0.25) is 4.57 Å². The van der Waals surface area contributed by atoms with Crippen LogP contribution in [0.5, 0.6) is 11.8 Å². The average Bonchev–Trinajstić information content (AvgIpc) is 3.31. The number of anilines is 2. The molecule has 1 saturated heterocycles. The number of ether oxygens (including phenoxy) is 2. The molecule has 2 aliphatic heterocycles. The summed E-state index contributed by atoms with van der Waals surface area (Å²) in [5.41, 5.74) is 1.83. The summed E-state index contributed by atoms with van der Waals surface area (Å²) in [4.78, 5) is 23.2. The second-order valence-electron chi connectivity index (χ2n) is 9.23. The van der Waals surface area contributed by atoms with Crippen LogP contribution in [0.3, 0.4) is 0 Å². The van der Waals surface area contributed by atoms with Crippen molar-refractivity contribution < 1.29 is 27.6 Å². The Hall–Kier alpha value is -4.07. The van der Waals surface area contributed by atoms with E-state index >= 15 is 0 Å². The van der Waals surface area contributed by atoms with Crippen LogP contribution in [0.15, 0.2) is 48.8 Å². The molecule has 2 atom stereocenters. The number of nitrogens with zero attached hydrogens (tertiary/aromatic N) is 6. The molecule has 4 heterocycles. The number of hydrogen-bond donors (Lipinski definition) is 1. The van der Waals surface area contributed by atoms with Gasteiger partial charge < -0.3 is 34.7 Å². The maximum atomic E-state index is 12.4. The fraction of sp³-hybridized carbons (Fsp3) is 0.417. The lowest BCUT2D eigenvalue weighted by atomic mass is 10.1. The highest BCUT2D eigenvalue weighted by atomic mass is 19.4. The molecule has 2 aromatic heterocycles. The van der Waals surface area contributed by atoms with Crippen LogP contribution in [0.1, 0.15) is 12.5 Å². The van der Waals surface area contributed by atoms with Crippen LogP contribution in [0.2, 0.25) is 0 Å². The van der Waals surface area contributed by atoms with Crippen molar-refractivity contribution in [3.05, 3.63) is 64.5 Å². The fourth-order valence-electron chi connectivity index (χ4n) is 4.65. The molecule has 2 aliphatic rings. The van der Waals surface area contributed by atoms with E-state index in [2.05, 4.69) is 36.7 Å². The lowest BCUT2D eigenvalue weighted by Gasteiger charge is -2.41. The van der Waals surface area contributed by atoms with E-state index in [4.69, 9.17) is 4.74 Å². The van der Waals surface area contributed by atoms with Gasteiger partial charge in [0.2, 0.25) is 0 Å². The predicted octanol–water partition coefficient (Wildman–Crippen LogP) is 3.35. The summed E-state index contributed by atoms with van der Waals surface area (Å²) in [5, 5.41) is 14.3. The number of alkyl halides is 3. The molecule has 0 radical (unpaired) electrons. The highest BCUT2D eigenvalue weighted by Crippen LogP contribution is 2.28. The number of hydrogen-bond acceptors (Lipinski definition) is 9. The van der Waals surface area contributed by atoms with Gasteiger partial charge in [-0.1, -0.05) is 6.07 Å². The van der Waals surface area contributed by atoms with Crippen LogP contribution in [0.4, 0.5) is 30.5 Å². The van der Waals surface area contributed by atoms with Crippen molar-refractivity contribution in [3.8, 4) is 11.8 Å². The molecular formula is C24H26F3N7O4. The van der Waals surface area contributed by atoms with Crippen molar-refractivity contribution in [3.63, 3.8) is 0 Å². The molecule has 0 amide bonds. The maximum absolute atomic E-state index is 12.4. The van der Waals surface area contributed by atoms with E-state index < -0.39 is 11.3 Å². The number of pyridine rings is 1. The molecule has 1 aromatic carbocycles. The number of piperazine rings is 1. The smallest absolute Gasteiger partial charge is 0.444 e. The van der Waals surface area contributed by atoms with E-state index in [-0.39, 0.29) is 29.7 Å². The highest BCUT2D eigenvalue weighted by molar-refractivity contribution is 5.52. The minimum Gasteiger partial charge on any atom is -0.444 e. The van der Waals surface area contributed by atoms with Gasteiger partial charge in [0.25, 0.3) is 0 Å². The molecule has 38 heavy (non-hydrogen) atoms. The second-order valence-corrected chi connectivity index (χ2v) is 9.23. The van der Waals surface area contributed by atoms with Gasteiger partial charge in [-0.15, -0.1) is 13.2 Å². The third-order valence-corrected chi connectivity index (χ3v) is 6.51. The summed E-state index contributed by atoms with van der Waals surface area (Å²) in [6, 6.07) is 10.3. The molecule has 5 rings (SSSR count). The zero-order valence-corrected chi connectivity index (χ0v) is 20.5. The highest BCUT2D eigenvalue weighted by Gasteiger charge is 2.31. The van der Waals surface area contributed by atoms with Gasteiger partial charge >= 0.3 is 18.2 Å². The molecule has 2 unspecified atom stereocenters. The van der Waals surface area contributed by atoms with Crippen LogP contribution >= 0.6 is 0 Å². The first-order valence-electron chi connectivity index (χ1n) is 12.0. The first kappa shape index (κ1) is 25.6. The van der Waals surface area contributed by atoms with Crippen LogP contribution in [-0.4, -0.2) is 64.1 Å². The van der Waals surface area contributed by atoms with Crippen LogP contribution in [-0.2, 0) is 13.1 Å². The molecule has 14 heteroatoms. The minimum atomic E-state index is -4.71. The van der Waals surface area contributed by atoms with Gasteiger partial charge in [0.05, 0.1) is 6.04 Å². The van der Waals surface area contributed by atoms with Gasteiger partial charge in [-0.2, -0.15) is 0 Å². The first-order chi connectivity index (χ1) is 18.1. The van der Waals surface area contributed by atoms with Gasteiger partial charge in [0, 0.05) is 55.6 Å². The zero-order valence-electron chi connectivity index (χ0n) is 20.5. The quantitative estimate of drug-likeness (QED) is 0.361. The number of nitro groups is 1. The van der Waals surface area contributed by atoms with E-state index in [1.807, 2.05) is 18.3 Å². The van der Waals surface area contributed by atoms with Crippen molar-refractivity contribution in [2.45, 2.75) is 38.5 Å². The SMILES string of the molecule is CC1CN(c2ccc(OC(F)(F)F)cc2)CCN1c1ccc(CNC2COc3nc([N+](=O)[O-])cn3C2)cn1. The Bertz CT molecular complexity index is 1270. The van der Waals surface area contributed by atoms with Crippen molar-refractivity contribution in [1.82, 2.24) is 19.9 Å². The third kappa shape index (κ3) is 5.90. The predicted molar refractivity (Wildman–Crippen MR) is 131 cm³/mol. The molecular weight excluding hydrogens is 507 g/mol. The molecule has 0 aliphatic carbocycles. The summed E-state index contributed by atoms with van der Waals surface area (Å²) >= 11 is 0. The number of fused-ring (bicyclic) bond motifs is 1. The molecule has 0 bridgehead atoms. The van der Waals surface area contributed by atoms with Crippen LogP contribution in [0.25, 0.3) is 0 Å². The Morgan fingerprint density at radius 3 is 2.63 bits per heavy atom. The van der Waals surface area contributed by atoms with E-state index in [1.54, 1.807) is 16.7 Å². The summed E-state index contributed by atoms with van der Waals surface area (Å²) in [6.07, 6.45) is -1.52. The Balaban J connectivity index is 1.12. The number of aromatic nitrogens is 3. The Morgan fingerprint density at radius 1 is 1.18 bits per heavy atom. The van der Waals surface area contributed by atoms with Gasteiger partial charge in [-0.05, 0) is 47.7 Å². The first-order valence-corrected chi connectivity index (χ1v) is 12.0. The lowest BCUT2D eigenvalue weighted by Crippen LogP contribution is -2.52. The second kappa shape index (κ2) is 10.4. The summed E-state index contributed by atoms with van der Waals surface area (Å²) in [6.45, 7) is 5.63. The molecule has 1 fully saturated rings. The van der Waals surface area contributed by atoms with E-state index in [9.17, 15) is 23.3 Å². The normalized spacial score (nSPS) is 19.6. The standard InChI is InChI=1S/C24H26F3N7O4/c1-16-12-31(19-3-5-20(6-4-19)38-24(25,26)27)8-9-33(16)21-7-2-17(11-29-21)10-28-18-13-32-14-22(34(35)36)30-23(32)37-15-18/h2-7,11,14,16,18,28H,8-10,12-13,15H2,1H3. The molecule has 11 nitrogen and oxygen atoms in total. The lowest BCUT2D eigenvalue weighted by molar-refractivity contribution is -0.389. The van der Waals surface area contributed by atoms with Crippen molar-refractivity contribution in [2.75, 3.05) is 36.0 Å². The van der Waals surface area contributed by atoms with E-state index in [1.165, 1.54) is 18.3 Å². The monoisotopic (exact) mass is 533 g/mol. The molecule has 3 aromatic rings. The van der Waals surface area contributed by atoms with Crippen molar-refractivity contribution in [2.24, 2.45) is 0 Å². The third-order valence-electron chi connectivity index (χ3n) is 6.51. The van der Waals surface area contributed by atoms with E-state index in [0.717, 1.165) is 17.1 Å². The number of imidazole rings is 1. The summed E-state index contributed by atoms with van der Waals surface area (Å²) in [5.74, 6) is 0.383. The van der Waals surface area contributed by atoms with E-state index in [0.29, 0.717) is 39.3 Å². The van der Waals surface area contributed by atoms with Crippen LogP contribution in [0, 0.1) is 10.1 Å². The minimum absolute atomic E-state index is 0.0295. The summed E-state index contributed by atoms with van der Waals surface area (Å²) < 4.78 is 48.3. The molecule has 0 spiro atoms. The Morgan fingerprint density at radius 2 is 1.97 bits per heavy atom. The Labute approximate surface area is 215 Å². The fourth-order valence-corrected chi connectivity index (χ4v) is 4.65. The number of nitrogens with one attached hydrogen (secondary N) is 1. The molecule has 202 valence electrons. The topological polar surface area (TPSA) is 111 Å². The Kier molecular flexibility index (Phi) is 6.97. The molecule has 0 saturated carbocycles. The molecule has 1 N–H and O–H groups in total. The van der Waals surface area contributed by atoms with Crippen molar-refractivity contribution >= 4 is 17.3 Å². The number of benzene rings is 1. The van der Waals surface area contributed by atoms with Gasteiger partial charge in [0.15, 0.2) is 0 Å². The van der Waals surface area contributed by atoms with Gasteiger partial charge in [0.1, 0.15) is 24.4 Å². The zero-order chi connectivity index (χ0) is 26.9. The average molecular weight is 534 g/mol. The van der Waals surface area contributed by atoms with Crippen molar-refractivity contribution in [1.29, 1.82) is 0 Å². The van der Waals surface area contributed by atoms with Gasteiger partial charge in [-0.25, -0.2) is 4.98 Å². The van der Waals surface area contributed by atoms with Crippen LogP contribution < -0.4 is 24.6 Å².